The van der Waals surface area contributed by atoms with E-state index < -0.39 is 0 Å². The molecule has 1 aromatic carbocycles. The number of carbonyl (C=O) groups excluding carboxylic acids is 1. The summed E-state index contributed by atoms with van der Waals surface area (Å²) in [5.74, 6) is 0.266. The summed E-state index contributed by atoms with van der Waals surface area (Å²) >= 11 is 5.93. The molecule has 10 heteroatoms. The number of amides is 1. The first-order valence-corrected chi connectivity index (χ1v) is 13.3. The van der Waals surface area contributed by atoms with Gasteiger partial charge < -0.3 is 29.6 Å². The Bertz CT molecular complexity index is 1510. The van der Waals surface area contributed by atoms with Crippen molar-refractivity contribution in [2.45, 2.75) is 32.5 Å². The fourth-order valence-electron chi connectivity index (χ4n) is 5.25. The first kappa shape index (κ1) is 27.3. The summed E-state index contributed by atoms with van der Waals surface area (Å²) < 4.78 is 12.8. The van der Waals surface area contributed by atoms with Gasteiger partial charge in [-0.3, -0.25) is 14.8 Å². The zero-order valence-electron chi connectivity index (χ0n) is 22.9. The van der Waals surface area contributed by atoms with Gasteiger partial charge in [-0.1, -0.05) is 6.07 Å². The summed E-state index contributed by atoms with van der Waals surface area (Å²) in [6, 6.07) is 17.5. The van der Waals surface area contributed by atoms with Gasteiger partial charge in [0.15, 0.2) is 5.11 Å². The number of thiocarbonyl (C=S) groups is 1. The highest BCUT2D eigenvalue weighted by molar-refractivity contribution is 7.80. The Morgan fingerprint density at radius 3 is 2.58 bits per heavy atom. The van der Waals surface area contributed by atoms with Crippen molar-refractivity contribution in [3.63, 3.8) is 0 Å². The maximum atomic E-state index is 12.4. The predicted molar refractivity (Wildman–Crippen MR) is 159 cm³/mol. The van der Waals surface area contributed by atoms with Crippen molar-refractivity contribution in [3.05, 3.63) is 101 Å². The van der Waals surface area contributed by atoms with Gasteiger partial charge in [0.05, 0.1) is 30.6 Å². The largest absolute Gasteiger partial charge is 0.495 e. The Hall–Kier alpha value is -4.28. The number of hydrogen-bond donors (Lipinski definition) is 2. The van der Waals surface area contributed by atoms with Crippen LogP contribution in [0.2, 0.25) is 0 Å². The number of carbonyl (C=O) groups is 1. The molecule has 4 heterocycles. The van der Waals surface area contributed by atoms with E-state index in [1.165, 1.54) is 12.7 Å². The second-order valence-corrected chi connectivity index (χ2v) is 10.0. The number of aromatic nitrogens is 3. The van der Waals surface area contributed by atoms with Gasteiger partial charge in [-0.25, -0.2) is 0 Å². The number of pyridine rings is 2. The third kappa shape index (κ3) is 5.41. The van der Waals surface area contributed by atoms with Crippen LogP contribution in [0.25, 0.3) is 0 Å². The molecule has 1 aliphatic heterocycles. The van der Waals surface area contributed by atoms with Gasteiger partial charge >= 0.3 is 0 Å². The van der Waals surface area contributed by atoms with Crippen LogP contribution in [0.3, 0.4) is 0 Å². The summed E-state index contributed by atoms with van der Waals surface area (Å²) in [6.45, 7) is 4.93. The summed E-state index contributed by atoms with van der Waals surface area (Å²) in [7, 11) is 3.05. The molecule has 1 amide bonds. The van der Waals surface area contributed by atoms with Crippen molar-refractivity contribution in [3.8, 4) is 5.75 Å². The third-order valence-electron chi connectivity index (χ3n) is 7.13. The molecule has 5 rings (SSSR count). The van der Waals surface area contributed by atoms with Crippen molar-refractivity contribution in [1.82, 2.24) is 19.9 Å². The number of nitrogens with one attached hydrogen (secondary N) is 2. The monoisotopic (exact) mass is 556 g/mol. The van der Waals surface area contributed by atoms with Crippen LogP contribution in [0, 0.1) is 13.8 Å². The maximum Gasteiger partial charge on any atom is 0.250 e. The van der Waals surface area contributed by atoms with Gasteiger partial charge in [0.2, 0.25) is 5.91 Å². The Morgan fingerprint density at radius 1 is 1.07 bits per heavy atom. The van der Waals surface area contributed by atoms with Gasteiger partial charge in [-0.05, 0) is 85.7 Å². The fourth-order valence-corrected chi connectivity index (χ4v) is 5.60. The summed E-state index contributed by atoms with van der Waals surface area (Å²) in [5.41, 5.74) is 6.83. The number of methoxy groups -OCH3 is 2. The molecule has 0 spiro atoms. The molecule has 3 aromatic heterocycles. The maximum absolute atomic E-state index is 12.4. The molecule has 2 atom stereocenters. The number of ether oxygens (including phenoxy) is 2. The highest BCUT2D eigenvalue weighted by Crippen LogP contribution is 2.44. The molecule has 0 bridgehead atoms. The van der Waals surface area contributed by atoms with Crippen LogP contribution in [0.15, 0.2) is 73.2 Å². The Kier molecular flexibility index (Phi) is 8.09. The minimum atomic E-state index is -0.275. The van der Waals surface area contributed by atoms with Gasteiger partial charge in [0.1, 0.15) is 12.4 Å². The zero-order chi connectivity index (χ0) is 28.2. The molecule has 1 saturated heterocycles. The first-order chi connectivity index (χ1) is 19.4. The average molecular weight is 557 g/mol. The summed E-state index contributed by atoms with van der Waals surface area (Å²) in [4.78, 5) is 23.3. The van der Waals surface area contributed by atoms with Crippen molar-refractivity contribution in [1.29, 1.82) is 0 Å². The fraction of sp³-hybridized carbons (Fsp3) is 0.267. The lowest BCUT2D eigenvalue weighted by Crippen LogP contribution is -2.29. The van der Waals surface area contributed by atoms with Crippen molar-refractivity contribution >= 4 is 34.6 Å². The Morgan fingerprint density at radius 2 is 1.88 bits per heavy atom. The normalized spacial score (nSPS) is 16.6. The molecular weight excluding hydrogens is 524 g/mol. The lowest BCUT2D eigenvalue weighted by Gasteiger charge is -2.29. The van der Waals surface area contributed by atoms with E-state index in [9.17, 15) is 4.79 Å². The van der Waals surface area contributed by atoms with E-state index in [-0.39, 0.29) is 24.6 Å². The molecule has 1 aliphatic rings. The van der Waals surface area contributed by atoms with E-state index in [1.54, 1.807) is 13.3 Å². The zero-order valence-corrected chi connectivity index (χ0v) is 23.7. The molecule has 0 saturated carbocycles. The minimum Gasteiger partial charge on any atom is -0.495 e. The number of anilines is 2. The number of hydrogen-bond acceptors (Lipinski definition) is 6. The van der Waals surface area contributed by atoms with Crippen LogP contribution < -0.4 is 20.3 Å². The highest BCUT2D eigenvalue weighted by atomic mass is 32.1. The summed E-state index contributed by atoms with van der Waals surface area (Å²) in [5, 5.41) is 6.98. The van der Waals surface area contributed by atoms with Crippen LogP contribution in [0.4, 0.5) is 11.4 Å². The molecule has 2 unspecified atom stereocenters. The van der Waals surface area contributed by atoms with E-state index in [2.05, 4.69) is 50.0 Å². The molecule has 206 valence electrons. The second-order valence-electron chi connectivity index (χ2n) is 9.63. The molecule has 4 aromatic rings. The minimum absolute atomic E-state index is 0.0646. The topological polar surface area (TPSA) is 93.5 Å². The molecule has 2 N–H and O–H groups in total. The summed E-state index contributed by atoms with van der Waals surface area (Å²) in [6.07, 6.45) is 5.42. The van der Waals surface area contributed by atoms with Crippen molar-refractivity contribution in [2.24, 2.45) is 0 Å². The first-order valence-electron chi connectivity index (χ1n) is 12.9. The quantitative estimate of drug-likeness (QED) is 0.286. The average Bonchev–Trinajstić information content (AvgIpc) is 3.45. The highest BCUT2D eigenvalue weighted by Gasteiger charge is 2.42. The van der Waals surface area contributed by atoms with Gasteiger partial charge in [-0.15, -0.1) is 0 Å². The lowest BCUT2D eigenvalue weighted by atomic mass is 9.96. The predicted octanol–water partition coefficient (Wildman–Crippen LogP) is 4.71. The van der Waals surface area contributed by atoms with Crippen molar-refractivity contribution in [2.75, 3.05) is 31.0 Å². The number of benzene rings is 1. The van der Waals surface area contributed by atoms with Gasteiger partial charge in [-0.2, -0.15) is 0 Å². The van der Waals surface area contributed by atoms with Crippen LogP contribution in [0.5, 0.6) is 5.75 Å². The number of rotatable bonds is 9. The third-order valence-corrected chi connectivity index (χ3v) is 7.44. The van der Waals surface area contributed by atoms with Crippen LogP contribution in [0.1, 0.15) is 40.3 Å². The van der Waals surface area contributed by atoms with Crippen LogP contribution in [-0.4, -0.2) is 46.4 Å². The van der Waals surface area contributed by atoms with Crippen molar-refractivity contribution < 1.29 is 14.3 Å². The number of nitrogens with zero attached hydrogens (tertiary/aromatic N) is 4. The van der Waals surface area contributed by atoms with Crippen LogP contribution >= 0.6 is 12.2 Å². The number of aryl methyl sites for hydroxylation is 1. The molecule has 0 radical (unpaired) electrons. The lowest BCUT2D eigenvalue weighted by molar-refractivity contribution is -0.119. The molecule has 1 fully saturated rings. The molecular formula is C30H32N6O3S. The van der Waals surface area contributed by atoms with E-state index >= 15 is 0 Å². The smallest absolute Gasteiger partial charge is 0.250 e. The molecule has 0 aliphatic carbocycles. The SMILES string of the molecule is COCC(=O)Nc1cc(N2C(=S)NC(c3ccccn3)C2c2cc(C)n(Cc3ccncc3)c2C)ccc1OC. The second kappa shape index (κ2) is 11.8. The Balaban J connectivity index is 1.60. The van der Waals surface area contributed by atoms with E-state index in [0.29, 0.717) is 16.5 Å². The van der Waals surface area contributed by atoms with E-state index in [4.69, 9.17) is 21.7 Å². The molecule has 9 nitrogen and oxygen atoms in total. The van der Waals surface area contributed by atoms with Gasteiger partial charge in [0, 0.05) is 49.3 Å². The van der Waals surface area contributed by atoms with E-state index in [1.807, 2.05) is 60.9 Å². The molecule has 40 heavy (non-hydrogen) atoms. The Labute approximate surface area is 239 Å². The van der Waals surface area contributed by atoms with Gasteiger partial charge in [0.25, 0.3) is 0 Å². The van der Waals surface area contributed by atoms with Crippen LogP contribution in [-0.2, 0) is 16.1 Å². The van der Waals surface area contributed by atoms with E-state index in [0.717, 1.165) is 34.9 Å². The standard InChI is InChI=1S/C30H32N6O3S/c1-19-15-23(20(2)35(19)17-21-10-13-31-14-11-21)29-28(24-7-5-6-12-32-24)34-30(40)36(29)22-8-9-26(39-4)25(16-22)33-27(37)18-38-3/h5-16,28-29H,17-18H2,1-4H3,(H,33,37)(H,34,40).